The molecule has 1 saturated heterocycles. The molecule has 1 aromatic rings. The van der Waals surface area contributed by atoms with E-state index in [1.807, 2.05) is 13.1 Å². The summed E-state index contributed by atoms with van der Waals surface area (Å²) in [4.78, 5) is 2.59. The molecule has 4 heteroatoms. The fourth-order valence-corrected chi connectivity index (χ4v) is 3.52. The van der Waals surface area contributed by atoms with Crippen LogP contribution in [0.15, 0.2) is 18.2 Å². The minimum Gasteiger partial charge on any atom is -0.486 e. The van der Waals surface area contributed by atoms with Crippen LogP contribution in [-0.4, -0.2) is 44.3 Å². The summed E-state index contributed by atoms with van der Waals surface area (Å²) < 4.78 is 11.3. The van der Waals surface area contributed by atoms with Crippen molar-refractivity contribution < 1.29 is 9.47 Å². The summed E-state index contributed by atoms with van der Waals surface area (Å²) in [6, 6.07) is 7.31. The summed E-state index contributed by atoms with van der Waals surface area (Å²) in [5, 5.41) is 3.45. The van der Waals surface area contributed by atoms with Crippen molar-refractivity contribution in [2.24, 2.45) is 5.92 Å². The zero-order chi connectivity index (χ0) is 14.8. The van der Waals surface area contributed by atoms with Gasteiger partial charge < -0.3 is 14.8 Å². The zero-order valence-corrected chi connectivity index (χ0v) is 13.3. The number of likely N-dealkylation sites (tertiary alicyclic amines) is 1. The Balaban J connectivity index is 1.74. The van der Waals surface area contributed by atoms with E-state index in [0.717, 1.165) is 24.0 Å². The van der Waals surface area contributed by atoms with E-state index in [4.69, 9.17) is 9.47 Å². The summed E-state index contributed by atoms with van der Waals surface area (Å²) in [5.74, 6) is 2.54. The SMILES string of the molecule is CNC(CN1CC(C)CC1C)c1ccc2c(c1)OCCO2. The molecule has 0 saturated carbocycles. The second-order valence-corrected chi connectivity index (χ2v) is 6.39. The number of rotatable bonds is 4. The van der Waals surface area contributed by atoms with Gasteiger partial charge in [0, 0.05) is 25.2 Å². The van der Waals surface area contributed by atoms with Crippen LogP contribution in [0.1, 0.15) is 31.9 Å². The van der Waals surface area contributed by atoms with Crippen LogP contribution in [-0.2, 0) is 0 Å². The number of nitrogens with one attached hydrogen (secondary N) is 1. The Kier molecular flexibility index (Phi) is 4.36. The summed E-state index contributed by atoms with van der Waals surface area (Å²) in [5.41, 5.74) is 1.27. The van der Waals surface area contributed by atoms with Gasteiger partial charge in [0.15, 0.2) is 11.5 Å². The number of nitrogens with zero attached hydrogens (tertiary/aromatic N) is 1. The molecule has 0 aliphatic carbocycles. The van der Waals surface area contributed by atoms with Crippen molar-refractivity contribution in [3.05, 3.63) is 23.8 Å². The first-order chi connectivity index (χ1) is 10.2. The number of ether oxygens (including phenoxy) is 2. The van der Waals surface area contributed by atoms with Gasteiger partial charge in [-0.15, -0.1) is 0 Å². The van der Waals surface area contributed by atoms with Gasteiger partial charge in [-0.05, 0) is 44.0 Å². The van der Waals surface area contributed by atoms with Crippen LogP contribution in [0.2, 0.25) is 0 Å². The number of likely N-dealkylation sites (N-methyl/N-ethyl adjacent to an activating group) is 1. The van der Waals surface area contributed by atoms with Crippen molar-refractivity contribution in [3.8, 4) is 11.5 Å². The monoisotopic (exact) mass is 290 g/mol. The maximum absolute atomic E-state index is 5.70. The van der Waals surface area contributed by atoms with Crippen molar-refractivity contribution >= 4 is 0 Å². The third kappa shape index (κ3) is 3.16. The topological polar surface area (TPSA) is 33.7 Å². The highest BCUT2D eigenvalue weighted by Gasteiger charge is 2.28. The lowest BCUT2D eigenvalue weighted by atomic mass is 10.1. The van der Waals surface area contributed by atoms with Crippen LogP contribution >= 0.6 is 0 Å². The van der Waals surface area contributed by atoms with Crippen molar-refractivity contribution in [1.29, 1.82) is 0 Å². The highest BCUT2D eigenvalue weighted by molar-refractivity contribution is 5.44. The molecule has 1 fully saturated rings. The van der Waals surface area contributed by atoms with Gasteiger partial charge in [0.1, 0.15) is 13.2 Å². The Morgan fingerprint density at radius 3 is 2.67 bits per heavy atom. The number of hydrogen-bond acceptors (Lipinski definition) is 4. The molecule has 0 bridgehead atoms. The Hall–Kier alpha value is -1.26. The smallest absolute Gasteiger partial charge is 0.161 e. The van der Waals surface area contributed by atoms with Gasteiger partial charge >= 0.3 is 0 Å². The van der Waals surface area contributed by atoms with Crippen LogP contribution in [0.4, 0.5) is 0 Å². The average molecular weight is 290 g/mol. The molecule has 0 radical (unpaired) electrons. The van der Waals surface area contributed by atoms with Crippen molar-refractivity contribution in [2.45, 2.75) is 32.4 Å². The van der Waals surface area contributed by atoms with Gasteiger partial charge in [-0.25, -0.2) is 0 Å². The zero-order valence-electron chi connectivity index (χ0n) is 13.3. The van der Waals surface area contributed by atoms with E-state index in [1.165, 1.54) is 18.5 Å². The molecule has 3 rings (SSSR count). The largest absolute Gasteiger partial charge is 0.486 e. The first kappa shape index (κ1) is 14.7. The third-order valence-electron chi connectivity index (χ3n) is 4.65. The average Bonchev–Trinajstić information content (AvgIpc) is 2.82. The first-order valence-electron chi connectivity index (χ1n) is 7.98. The lowest BCUT2D eigenvalue weighted by Gasteiger charge is -2.28. The van der Waals surface area contributed by atoms with Gasteiger partial charge in [0.2, 0.25) is 0 Å². The summed E-state index contributed by atoms with van der Waals surface area (Å²) in [6.45, 7) is 8.20. The maximum Gasteiger partial charge on any atom is 0.161 e. The molecule has 116 valence electrons. The van der Waals surface area contributed by atoms with E-state index >= 15 is 0 Å². The third-order valence-corrected chi connectivity index (χ3v) is 4.65. The van der Waals surface area contributed by atoms with Crippen LogP contribution in [0, 0.1) is 5.92 Å². The van der Waals surface area contributed by atoms with E-state index < -0.39 is 0 Å². The van der Waals surface area contributed by atoms with Crippen LogP contribution in [0.3, 0.4) is 0 Å². The molecule has 4 nitrogen and oxygen atoms in total. The summed E-state index contributed by atoms with van der Waals surface area (Å²) in [7, 11) is 2.03. The standard InChI is InChI=1S/C17H26N2O2/c1-12-8-13(2)19(10-12)11-15(18-3)14-4-5-16-17(9-14)21-7-6-20-16/h4-5,9,12-13,15,18H,6-8,10-11H2,1-3H3. The maximum atomic E-state index is 5.70. The Labute approximate surface area is 127 Å². The van der Waals surface area contributed by atoms with E-state index in [1.54, 1.807) is 0 Å². The van der Waals surface area contributed by atoms with E-state index in [-0.39, 0.29) is 0 Å². The molecule has 2 aliphatic heterocycles. The molecule has 0 aromatic heterocycles. The van der Waals surface area contributed by atoms with Crippen molar-refractivity contribution in [2.75, 3.05) is 33.4 Å². The molecule has 1 N–H and O–H groups in total. The lowest BCUT2D eigenvalue weighted by molar-refractivity contribution is 0.171. The highest BCUT2D eigenvalue weighted by Crippen LogP contribution is 2.33. The molecule has 3 unspecified atom stereocenters. The molecule has 1 aromatic carbocycles. The van der Waals surface area contributed by atoms with Crippen molar-refractivity contribution in [3.63, 3.8) is 0 Å². The molecule has 3 atom stereocenters. The molecule has 2 heterocycles. The van der Waals surface area contributed by atoms with Gasteiger partial charge in [-0.3, -0.25) is 4.90 Å². The molecule has 21 heavy (non-hydrogen) atoms. The van der Waals surface area contributed by atoms with E-state index in [0.29, 0.717) is 25.3 Å². The highest BCUT2D eigenvalue weighted by atomic mass is 16.6. The van der Waals surface area contributed by atoms with Crippen LogP contribution in [0.25, 0.3) is 0 Å². The quantitative estimate of drug-likeness (QED) is 0.923. The van der Waals surface area contributed by atoms with Crippen LogP contribution < -0.4 is 14.8 Å². The second-order valence-electron chi connectivity index (χ2n) is 6.39. The number of fused-ring (bicyclic) bond motifs is 1. The molecular formula is C17H26N2O2. The fourth-order valence-electron chi connectivity index (χ4n) is 3.52. The minimum atomic E-state index is 0.327. The number of hydrogen-bond donors (Lipinski definition) is 1. The van der Waals surface area contributed by atoms with Gasteiger partial charge in [-0.1, -0.05) is 13.0 Å². The van der Waals surface area contributed by atoms with Gasteiger partial charge in [-0.2, -0.15) is 0 Å². The fraction of sp³-hybridized carbons (Fsp3) is 0.647. The number of benzene rings is 1. The van der Waals surface area contributed by atoms with Crippen LogP contribution in [0.5, 0.6) is 11.5 Å². The summed E-state index contributed by atoms with van der Waals surface area (Å²) >= 11 is 0. The molecule has 0 amide bonds. The first-order valence-corrected chi connectivity index (χ1v) is 7.98. The van der Waals surface area contributed by atoms with E-state index in [9.17, 15) is 0 Å². The summed E-state index contributed by atoms with van der Waals surface area (Å²) in [6.07, 6.45) is 1.30. The predicted molar refractivity (Wildman–Crippen MR) is 84.0 cm³/mol. The molecule has 2 aliphatic rings. The molecular weight excluding hydrogens is 264 g/mol. The Morgan fingerprint density at radius 2 is 2.00 bits per heavy atom. The Bertz CT molecular complexity index is 492. The lowest BCUT2D eigenvalue weighted by Crippen LogP contribution is -2.36. The second kappa shape index (κ2) is 6.24. The van der Waals surface area contributed by atoms with Gasteiger partial charge in [0.05, 0.1) is 0 Å². The normalized spacial score (nSPS) is 26.8. The van der Waals surface area contributed by atoms with Crippen molar-refractivity contribution in [1.82, 2.24) is 10.2 Å². The predicted octanol–water partition coefficient (Wildman–Crippen LogP) is 2.45. The van der Waals surface area contributed by atoms with E-state index in [2.05, 4.69) is 36.2 Å². The van der Waals surface area contributed by atoms with Gasteiger partial charge in [0.25, 0.3) is 0 Å². The Morgan fingerprint density at radius 1 is 1.24 bits per heavy atom. The minimum absolute atomic E-state index is 0.327. The molecule has 0 spiro atoms.